The molecule has 0 unspecified atom stereocenters. The Morgan fingerprint density at radius 1 is 1.09 bits per heavy atom. The molecular formula is C16H16O7. The molecule has 0 amide bonds. The van der Waals surface area contributed by atoms with Gasteiger partial charge in [0.15, 0.2) is 18.3 Å². The Labute approximate surface area is 132 Å². The highest BCUT2D eigenvalue weighted by Gasteiger charge is 2.60. The minimum Gasteiger partial charge on any atom is -0.455 e. The largest absolute Gasteiger partial charge is 0.455 e. The first kappa shape index (κ1) is 14.6. The number of hydrogen-bond acceptors (Lipinski definition) is 7. The first-order chi connectivity index (χ1) is 11.1. The number of benzene rings is 1. The maximum atomic E-state index is 12.1. The fourth-order valence-corrected chi connectivity index (χ4v) is 3.36. The molecule has 1 aromatic carbocycles. The molecule has 23 heavy (non-hydrogen) atoms. The lowest BCUT2D eigenvalue weighted by Crippen LogP contribution is -2.55. The number of ether oxygens (including phenoxy) is 5. The van der Waals surface area contributed by atoms with Gasteiger partial charge in [-0.3, -0.25) is 4.79 Å². The van der Waals surface area contributed by atoms with Gasteiger partial charge in [0.25, 0.3) is 0 Å². The smallest absolute Gasteiger partial charge is 0.338 e. The summed E-state index contributed by atoms with van der Waals surface area (Å²) >= 11 is 0. The molecule has 0 aromatic heterocycles. The van der Waals surface area contributed by atoms with E-state index in [-0.39, 0.29) is 6.79 Å². The van der Waals surface area contributed by atoms with Gasteiger partial charge in [0, 0.05) is 6.92 Å². The SMILES string of the molecule is CC(=O)O[C@H]1[C@@H]2OC(=O)[C@H]3OCO[C@H]3[C@@H]2O[C@@H]1c1ccccc1. The fourth-order valence-electron chi connectivity index (χ4n) is 3.36. The summed E-state index contributed by atoms with van der Waals surface area (Å²) in [6.45, 7) is 1.34. The van der Waals surface area contributed by atoms with Gasteiger partial charge >= 0.3 is 11.9 Å². The van der Waals surface area contributed by atoms with E-state index in [0.717, 1.165) is 5.56 Å². The van der Waals surface area contributed by atoms with Crippen LogP contribution >= 0.6 is 0 Å². The molecule has 6 atom stereocenters. The fraction of sp³-hybridized carbons (Fsp3) is 0.500. The van der Waals surface area contributed by atoms with Crippen LogP contribution in [-0.2, 0) is 33.3 Å². The third kappa shape index (κ3) is 2.41. The Bertz CT molecular complexity index is 616. The zero-order valence-corrected chi connectivity index (χ0v) is 12.4. The third-order valence-electron chi connectivity index (χ3n) is 4.29. The van der Waals surface area contributed by atoms with E-state index in [0.29, 0.717) is 0 Å². The average Bonchev–Trinajstić information content (AvgIpc) is 3.14. The second kappa shape index (κ2) is 5.59. The van der Waals surface area contributed by atoms with Crippen LogP contribution in [-0.4, -0.2) is 49.3 Å². The van der Waals surface area contributed by atoms with Crippen LogP contribution < -0.4 is 0 Å². The number of carbonyl (C=O) groups excluding carboxylic acids is 2. The highest BCUT2D eigenvalue weighted by molar-refractivity contribution is 5.77. The van der Waals surface area contributed by atoms with E-state index >= 15 is 0 Å². The average molecular weight is 320 g/mol. The van der Waals surface area contributed by atoms with Crippen LogP contribution in [0.4, 0.5) is 0 Å². The zero-order valence-electron chi connectivity index (χ0n) is 12.4. The summed E-state index contributed by atoms with van der Waals surface area (Å²) < 4.78 is 27.7. The zero-order chi connectivity index (χ0) is 16.0. The van der Waals surface area contributed by atoms with E-state index in [1.54, 1.807) is 0 Å². The molecule has 4 rings (SSSR count). The van der Waals surface area contributed by atoms with Crippen LogP contribution in [0.5, 0.6) is 0 Å². The molecule has 3 saturated heterocycles. The van der Waals surface area contributed by atoms with Crippen molar-refractivity contribution in [2.45, 2.75) is 43.5 Å². The maximum absolute atomic E-state index is 12.1. The monoisotopic (exact) mass is 320 g/mol. The van der Waals surface area contributed by atoms with Gasteiger partial charge in [-0.15, -0.1) is 0 Å². The van der Waals surface area contributed by atoms with Crippen LogP contribution in [0.3, 0.4) is 0 Å². The summed E-state index contributed by atoms with van der Waals surface area (Å²) in [6, 6.07) is 9.38. The predicted molar refractivity (Wildman–Crippen MR) is 74.1 cm³/mol. The lowest BCUT2D eigenvalue weighted by atomic mass is 9.95. The Morgan fingerprint density at radius 2 is 1.87 bits per heavy atom. The Kier molecular flexibility index (Phi) is 3.56. The second-order valence-corrected chi connectivity index (χ2v) is 5.74. The first-order valence-electron chi connectivity index (χ1n) is 7.46. The Morgan fingerprint density at radius 3 is 2.61 bits per heavy atom. The van der Waals surface area contributed by atoms with Crippen molar-refractivity contribution in [3.8, 4) is 0 Å². The summed E-state index contributed by atoms with van der Waals surface area (Å²) in [5.74, 6) is -0.967. The summed E-state index contributed by atoms with van der Waals surface area (Å²) in [5, 5.41) is 0. The topological polar surface area (TPSA) is 80.3 Å². The van der Waals surface area contributed by atoms with Gasteiger partial charge in [-0.25, -0.2) is 4.79 Å². The quantitative estimate of drug-likeness (QED) is 0.743. The molecule has 0 radical (unpaired) electrons. The summed E-state index contributed by atoms with van der Waals surface area (Å²) in [5.41, 5.74) is 0.847. The van der Waals surface area contributed by atoms with Crippen LogP contribution in [0, 0.1) is 0 Å². The molecule has 3 heterocycles. The molecule has 3 aliphatic rings. The molecule has 7 heteroatoms. The van der Waals surface area contributed by atoms with Gasteiger partial charge in [-0.05, 0) is 5.56 Å². The van der Waals surface area contributed by atoms with Gasteiger partial charge in [-0.1, -0.05) is 30.3 Å². The van der Waals surface area contributed by atoms with Gasteiger partial charge in [0.2, 0.25) is 0 Å². The van der Waals surface area contributed by atoms with Crippen LogP contribution in [0.2, 0.25) is 0 Å². The van der Waals surface area contributed by atoms with Crippen LogP contribution in [0.1, 0.15) is 18.6 Å². The molecule has 3 fully saturated rings. The summed E-state index contributed by atoms with van der Waals surface area (Å²) in [6.07, 6.45) is -3.81. The Hall–Kier alpha value is -1.96. The Balaban J connectivity index is 1.68. The van der Waals surface area contributed by atoms with Gasteiger partial charge in [-0.2, -0.15) is 0 Å². The molecule has 122 valence electrons. The molecule has 0 spiro atoms. The normalized spacial score (nSPS) is 38.6. The van der Waals surface area contributed by atoms with Gasteiger partial charge in [0.05, 0.1) is 0 Å². The third-order valence-corrected chi connectivity index (χ3v) is 4.29. The number of rotatable bonds is 2. The second-order valence-electron chi connectivity index (χ2n) is 5.74. The lowest BCUT2D eigenvalue weighted by Gasteiger charge is -2.32. The summed E-state index contributed by atoms with van der Waals surface area (Å²) in [7, 11) is 0. The molecule has 0 bridgehead atoms. The van der Waals surface area contributed by atoms with Crippen LogP contribution in [0.15, 0.2) is 30.3 Å². The van der Waals surface area contributed by atoms with Crippen molar-refractivity contribution in [1.29, 1.82) is 0 Å². The van der Waals surface area contributed by atoms with E-state index < -0.39 is 48.6 Å². The highest BCUT2D eigenvalue weighted by atomic mass is 16.7. The van der Waals surface area contributed by atoms with Gasteiger partial charge < -0.3 is 23.7 Å². The molecule has 1 aromatic rings. The number of hydrogen-bond donors (Lipinski definition) is 0. The van der Waals surface area contributed by atoms with Crippen molar-refractivity contribution in [1.82, 2.24) is 0 Å². The molecular weight excluding hydrogens is 304 g/mol. The number of carbonyl (C=O) groups is 2. The van der Waals surface area contributed by atoms with Crippen molar-refractivity contribution in [2.24, 2.45) is 0 Å². The molecule has 7 nitrogen and oxygen atoms in total. The molecule has 0 aliphatic carbocycles. The van der Waals surface area contributed by atoms with E-state index in [4.69, 9.17) is 23.7 Å². The van der Waals surface area contributed by atoms with E-state index in [1.165, 1.54) is 6.92 Å². The molecule has 0 saturated carbocycles. The predicted octanol–water partition coefficient (Wildman–Crippen LogP) is 0.725. The summed E-state index contributed by atoms with van der Waals surface area (Å²) in [4.78, 5) is 23.6. The van der Waals surface area contributed by atoms with Crippen molar-refractivity contribution < 1.29 is 33.3 Å². The maximum Gasteiger partial charge on any atom is 0.338 e. The van der Waals surface area contributed by atoms with Crippen molar-refractivity contribution in [3.05, 3.63) is 35.9 Å². The lowest BCUT2D eigenvalue weighted by molar-refractivity contribution is -0.186. The minimum absolute atomic E-state index is 0.0191. The minimum atomic E-state index is -0.788. The molecule has 0 N–H and O–H groups in total. The van der Waals surface area contributed by atoms with E-state index in [2.05, 4.69) is 0 Å². The molecule has 3 aliphatic heterocycles. The number of fused-ring (bicyclic) bond motifs is 3. The van der Waals surface area contributed by atoms with Crippen molar-refractivity contribution in [3.63, 3.8) is 0 Å². The van der Waals surface area contributed by atoms with Crippen molar-refractivity contribution >= 4 is 11.9 Å². The van der Waals surface area contributed by atoms with E-state index in [1.807, 2.05) is 30.3 Å². The van der Waals surface area contributed by atoms with Gasteiger partial charge in [0.1, 0.15) is 25.1 Å². The standard InChI is InChI=1S/C16H16O7/c1-8(17)21-12-10(9-5-3-2-4-6-9)22-13-11-15(20-7-19-11)16(18)23-14(12)13/h2-6,10-15H,7H2,1H3/t10-,11+,12-,13+,14+,15+/m1/s1. The number of esters is 2. The van der Waals surface area contributed by atoms with Crippen LogP contribution in [0.25, 0.3) is 0 Å². The highest BCUT2D eigenvalue weighted by Crippen LogP contribution is 2.43. The first-order valence-corrected chi connectivity index (χ1v) is 7.46. The van der Waals surface area contributed by atoms with E-state index in [9.17, 15) is 9.59 Å². The van der Waals surface area contributed by atoms with Crippen molar-refractivity contribution in [2.75, 3.05) is 6.79 Å².